The highest BCUT2D eigenvalue weighted by Crippen LogP contribution is 2.39. The van der Waals surface area contributed by atoms with Gasteiger partial charge in [0.25, 0.3) is 0 Å². The Bertz CT molecular complexity index is 836. The zero-order chi connectivity index (χ0) is 18.5. The van der Waals surface area contributed by atoms with Crippen molar-refractivity contribution in [3.05, 3.63) is 18.5 Å². The molecule has 2 bridgehead atoms. The van der Waals surface area contributed by atoms with Crippen molar-refractivity contribution in [2.45, 2.75) is 43.4 Å². The van der Waals surface area contributed by atoms with E-state index < -0.39 is 12.4 Å². The molecule has 1 aromatic heterocycles. The van der Waals surface area contributed by atoms with Crippen molar-refractivity contribution >= 4 is 11.0 Å². The third kappa shape index (κ3) is 2.87. The number of hydrogen-bond donors (Lipinski definition) is 2. The summed E-state index contributed by atoms with van der Waals surface area (Å²) in [5.41, 5.74) is 1.61. The molecule has 2 saturated heterocycles. The lowest BCUT2D eigenvalue weighted by Crippen LogP contribution is -2.57. The summed E-state index contributed by atoms with van der Waals surface area (Å²) in [4.78, 5) is 4.49. The summed E-state index contributed by atoms with van der Waals surface area (Å²) in [6, 6.07) is 3.17. The van der Waals surface area contributed by atoms with Gasteiger partial charge in [0.1, 0.15) is 12.1 Å². The van der Waals surface area contributed by atoms with E-state index in [2.05, 4.69) is 10.3 Å². The second kappa shape index (κ2) is 6.63. The van der Waals surface area contributed by atoms with E-state index in [0.29, 0.717) is 18.1 Å². The van der Waals surface area contributed by atoms with E-state index in [9.17, 15) is 5.11 Å². The predicted molar refractivity (Wildman–Crippen MR) is 97.0 cm³/mol. The third-order valence-corrected chi connectivity index (χ3v) is 5.87. The molecule has 0 amide bonds. The summed E-state index contributed by atoms with van der Waals surface area (Å²) in [6.45, 7) is 1.40. The van der Waals surface area contributed by atoms with Gasteiger partial charge in [0.15, 0.2) is 17.8 Å². The number of imidazole rings is 1. The summed E-state index contributed by atoms with van der Waals surface area (Å²) in [5, 5.41) is 14.7. The maximum absolute atomic E-state index is 11.2. The fourth-order valence-electron chi connectivity index (χ4n) is 4.17. The van der Waals surface area contributed by atoms with Crippen LogP contribution in [0.3, 0.4) is 0 Å². The predicted octanol–water partition coefficient (Wildman–Crippen LogP) is 1.08. The van der Waals surface area contributed by atoms with Gasteiger partial charge < -0.3 is 33.9 Å². The zero-order valence-electron chi connectivity index (χ0n) is 15.5. The fraction of sp³-hybridized carbons (Fsp3) is 0.632. The van der Waals surface area contributed by atoms with Crippen molar-refractivity contribution in [3.63, 3.8) is 0 Å². The van der Waals surface area contributed by atoms with Gasteiger partial charge in [0.2, 0.25) is 0 Å². The summed E-state index contributed by atoms with van der Waals surface area (Å²) >= 11 is 0. The van der Waals surface area contributed by atoms with Crippen LogP contribution in [0.1, 0.15) is 18.9 Å². The van der Waals surface area contributed by atoms with Crippen LogP contribution in [0.4, 0.5) is 0 Å². The van der Waals surface area contributed by atoms with E-state index in [0.717, 1.165) is 23.5 Å². The number of aliphatic hydroxyl groups excluding tert-OH is 1. The van der Waals surface area contributed by atoms with Gasteiger partial charge in [-0.3, -0.25) is 0 Å². The van der Waals surface area contributed by atoms with Crippen LogP contribution in [0.5, 0.6) is 11.5 Å². The van der Waals surface area contributed by atoms with Crippen molar-refractivity contribution in [1.29, 1.82) is 0 Å². The topological polar surface area (TPSA) is 87.0 Å². The smallest absolute Gasteiger partial charge is 0.181 e. The number of benzene rings is 1. The summed E-state index contributed by atoms with van der Waals surface area (Å²) in [5.74, 6) is 1.96. The van der Waals surface area contributed by atoms with Crippen molar-refractivity contribution < 1.29 is 24.1 Å². The van der Waals surface area contributed by atoms with Gasteiger partial charge >= 0.3 is 0 Å². The summed E-state index contributed by atoms with van der Waals surface area (Å²) < 4.78 is 24.7. The lowest BCUT2D eigenvalue weighted by atomic mass is 9.95. The average Bonchev–Trinajstić information content (AvgIpc) is 3.28. The number of nitrogens with one attached hydrogen (secondary N) is 1. The summed E-state index contributed by atoms with van der Waals surface area (Å²) in [6.07, 6.45) is 3.00. The largest absolute Gasteiger partial charge is 0.493 e. The first-order valence-electron chi connectivity index (χ1n) is 9.46. The molecule has 27 heavy (non-hydrogen) atoms. The normalized spacial score (nSPS) is 32.8. The van der Waals surface area contributed by atoms with E-state index in [4.69, 9.17) is 18.9 Å². The number of methoxy groups -OCH3 is 2. The molecule has 3 aliphatic rings. The minimum atomic E-state index is -0.638. The van der Waals surface area contributed by atoms with E-state index >= 15 is 0 Å². The molecule has 0 unspecified atom stereocenters. The minimum Gasteiger partial charge on any atom is -0.493 e. The molecule has 0 spiro atoms. The van der Waals surface area contributed by atoms with Crippen LogP contribution in [0.25, 0.3) is 11.0 Å². The Balaban J connectivity index is 1.50. The second-order valence-corrected chi connectivity index (χ2v) is 7.58. The molecule has 2 aromatic rings. The molecule has 1 aromatic carbocycles. The Morgan fingerprint density at radius 2 is 2.04 bits per heavy atom. The highest BCUT2D eigenvalue weighted by atomic mass is 16.7. The van der Waals surface area contributed by atoms with Crippen LogP contribution in [0, 0.1) is 5.92 Å². The van der Waals surface area contributed by atoms with E-state index in [1.54, 1.807) is 20.5 Å². The van der Waals surface area contributed by atoms with Crippen molar-refractivity contribution in [1.82, 2.24) is 14.9 Å². The maximum atomic E-state index is 11.2. The Kier molecular flexibility index (Phi) is 4.23. The number of hydrogen-bond acceptors (Lipinski definition) is 7. The van der Waals surface area contributed by atoms with Crippen molar-refractivity contribution in [2.75, 3.05) is 27.4 Å². The van der Waals surface area contributed by atoms with Gasteiger partial charge in [0.05, 0.1) is 50.3 Å². The van der Waals surface area contributed by atoms with E-state index in [1.165, 1.54) is 12.8 Å². The van der Waals surface area contributed by atoms with Gasteiger partial charge in [-0.1, -0.05) is 0 Å². The zero-order valence-corrected chi connectivity index (χ0v) is 15.5. The molecule has 5 atom stereocenters. The number of aromatic nitrogens is 2. The van der Waals surface area contributed by atoms with E-state index in [-0.39, 0.29) is 18.2 Å². The number of rotatable bonds is 6. The molecule has 0 radical (unpaired) electrons. The number of aliphatic hydroxyl groups is 1. The molecule has 1 saturated carbocycles. The van der Waals surface area contributed by atoms with Crippen LogP contribution in [0.2, 0.25) is 0 Å². The molecule has 146 valence electrons. The number of nitrogens with zero attached hydrogens (tertiary/aromatic N) is 2. The molecule has 3 heterocycles. The Hall–Kier alpha value is -1.87. The molecule has 2 aliphatic heterocycles. The molecular weight excluding hydrogens is 350 g/mol. The third-order valence-electron chi connectivity index (χ3n) is 5.87. The standard InChI is InChI=1S/C19H25N3O5/c1-24-13-5-11-12(6-14(13)25-2)22(9-21-11)17-18(23)16(20-7-10-3-4-10)15-8-26-19(17)27-15/h5-6,9-10,15-20,23H,3-4,7-8H2,1-2H3/t15-,16-,17-,18+,19-/m1/s1. The van der Waals surface area contributed by atoms with Crippen LogP contribution >= 0.6 is 0 Å². The maximum Gasteiger partial charge on any atom is 0.181 e. The molecule has 5 rings (SSSR count). The second-order valence-electron chi connectivity index (χ2n) is 7.58. The fourth-order valence-corrected chi connectivity index (χ4v) is 4.17. The molecule has 1 aliphatic carbocycles. The van der Waals surface area contributed by atoms with Gasteiger partial charge in [-0.2, -0.15) is 0 Å². The molecule has 8 nitrogen and oxygen atoms in total. The van der Waals surface area contributed by atoms with Gasteiger partial charge in [0, 0.05) is 12.1 Å². The van der Waals surface area contributed by atoms with Crippen LogP contribution in [-0.4, -0.2) is 66.6 Å². The SMILES string of the molecule is COc1cc2ncn([C@H]3[C@@H]4OC[C@@H](O4)[C@@H](NCC4CC4)[C@@H]3O)c2cc1OC. The van der Waals surface area contributed by atoms with Crippen LogP contribution in [0.15, 0.2) is 18.5 Å². The lowest BCUT2D eigenvalue weighted by Gasteiger charge is -2.39. The minimum absolute atomic E-state index is 0.121. The average molecular weight is 375 g/mol. The molecule has 8 heteroatoms. The number of fused-ring (bicyclic) bond motifs is 3. The highest BCUT2D eigenvalue weighted by molar-refractivity contribution is 5.80. The van der Waals surface area contributed by atoms with Gasteiger partial charge in [-0.05, 0) is 25.3 Å². The van der Waals surface area contributed by atoms with Crippen LogP contribution < -0.4 is 14.8 Å². The Morgan fingerprint density at radius 3 is 2.78 bits per heavy atom. The first kappa shape index (κ1) is 17.2. The summed E-state index contributed by atoms with van der Waals surface area (Å²) in [7, 11) is 3.20. The van der Waals surface area contributed by atoms with Crippen molar-refractivity contribution in [2.24, 2.45) is 5.92 Å². The van der Waals surface area contributed by atoms with Crippen molar-refractivity contribution in [3.8, 4) is 11.5 Å². The Morgan fingerprint density at radius 1 is 1.26 bits per heavy atom. The first-order chi connectivity index (χ1) is 13.2. The molecule has 2 N–H and O–H groups in total. The van der Waals surface area contributed by atoms with E-state index in [1.807, 2.05) is 16.7 Å². The van der Waals surface area contributed by atoms with Crippen LogP contribution in [-0.2, 0) is 9.47 Å². The number of ether oxygens (including phenoxy) is 4. The first-order valence-corrected chi connectivity index (χ1v) is 9.46. The highest BCUT2D eigenvalue weighted by Gasteiger charge is 2.51. The van der Waals surface area contributed by atoms with Gasteiger partial charge in [-0.15, -0.1) is 0 Å². The van der Waals surface area contributed by atoms with Gasteiger partial charge in [-0.25, -0.2) is 4.98 Å². The monoisotopic (exact) mass is 375 g/mol. The molecular formula is C19H25N3O5. The Labute approximate surface area is 157 Å². The molecule has 3 fully saturated rings. The quantitative estimate of drug-likeness (QED) is 0.781. The lowest BCUT2D eigenvalue weighted by molar-refractivity contribution is -0.164.